The molecule has 0 N–H and O–H groups in total. The largest absolute Gasteiger partial charge is 0.490 e. The van der Waals surface area contributed by atoms with Crippen LogP contribution in [0.5, 0.6) is 11.5 Å². The van der Waals surface area contributed by atoms with Crippen LogP contribution in [0, 0.1) is 5.82 Å². The molecular weight excluding hydrogens is 592 g/mol. The second-order valence-corrected chi connectivity index (χ2v) is 10.3. The van der Waals surface area contributed by atoms with E-state index in [1.165, 1.54) is 18.2 Å². The van der Waals surface area contributed by atoms with Gasteiger partial charge in [-0.3, -0.25) is 14.5 Å². The van der Waals surface area contributed by atoms with Crippen LogP contribution < -0.4 is 9.47 Å². The van der Waals surface area contributed by atoms with Crippen LogP contribution in [-0.4, -0.2) is 22.7 Å². The Morgan fingerprint density at radius 3 is 2.53 bits per heavy atom. The third-order valence-corrected chi connectivity index (χ3v) is 7.43. The number of carbonyl (C=O) groups is 2. The Hall–Kier alpha value is -2.52. The van der Waals surface area contributed by atoms with Crippen molar-refractivity contribution in [2.45, 2.75) is 20.1 Å². The molecule has 0 saturated carbocycles. The highest BCUT2D eigenvalue weighted by Gasteiger charge is 2.36. The summed E-state index contributed by atoms with van der Waals surface area (Å²) in [6.07, 6.45) is 1.58. The molecule has 36 heavy (non-hydrogen) atoms. The van der Waals surface area contributed by atoms with Crippen LogP contribution in [0.25, 0.3) is 6.08 Å². The molecule has 3 aromatic carbocycles. The summed E-state index contributed by atoms with van der Waals surface area (Å²) in [5, 5.41) is 0.237. The fourth-order valence-corrected chi connectivity index (χ4v) is 5.29. The molecule has 1 aliphatic rings. The van der Waals surface area contributed by atoms with Gasteiger partial charge in [-0.25, -0.2) is 4.39 Å². The maximum atomic E-state index is 14.2. The zero-order valence-corrected chi connectivity index (χ0v) is 22.8. The molecule has 0 radical (unpaired) electrons. The van der Waals surface area contributed by atoms with Crippen molar-refractivity contribution in [3.63, 3.8) is 0 Å². The molecule has 0 unspecified atom stereocenters. The second-order valence-electron chi connectivity index (χ2n) is 7.61. The van der Waals surface area contributed by atoms with E-state index in [4.69, 9.17) is 32.7 Å². The normalized spacial score (nSPS) is 14.6. The lowest BCUT2D eigenvalue weighted by Crippen LogP contribution is -2.28. The third-order valence-electron chi connectivity index (χ3n) is 5.21. The van der Waals surface area contributed by atoms with Crippen LogP contribution in [0.4, 0.5) is 9.18 Å². The van der Waals surface area contributed by atoms with Gasteiger partial charge in [-0.2, -0.15) is 0 Å². The van der Waals surface area contributed by atoms with Crippen LogP contribution in [0.2, 0.25) is 10.0 Å². The second kappa shape index (κ2) is 11.7. The predicted molar refractivity (Wildman–Crippen MR) is 144 cm³/mol. The van der Waals surface area contributed by atoms with Crippen molar-refractivity contribution in [3.8, 4) is 11.5 Å². The van der Waals surface area contributed by atoms with E-state index in [1.807, 2.05) is 25.1 Å². The number of halogens is 4. The summed E-state index contributed by atoms with van der Waals surface area (Å²) in [5.74, 6) is -0.167. The summed E-state index contributed by atoms with van der Waals surface area (Å²) >= 11 is 16.6. The van der Waals surface area contributed by atoms with Crippen molar-refractivity contribution in [2.75, 3.05) is 6.61 Å². The molecule has 0 bridgehead atoms. The van der Waals surface area contributed by atoms with Crippen molar-refractivity contribution < 1.29 is 23.5 Å². The van der Waals surface area contributed by atoms with E-state index in [9.17, 15) is 14.0 Å². The zero-order chi connectivity index (χ0) is 25.8. The first-order chi connectivity index (χ1) is 17.3. The average Bonchev–Trinajstić information content (AvgIpc) is 3.09. The van der Waals surface area contributed by atoms with Gasteiger partial charge in [-0.15, -0.1) is 0 Å². The topological polar surface area (TPSA) is 55.8 Å². The van der Waals surface area contributed by atoms with E-state index in [0.29, 0.717) is 33.2 Å². The number of rotatable bonds is 8. The van der Waals surface area contributed by atoms with E-state index in [0.717, 1.165) is 22.2 Å². The third kappa shape index (κ3) is 5.89. The molecule has 1 saturated heterocycles. The summed E-state index contributed by atoms with van der Waals surface area (Å²) in [7, 11) is 0. The Labute approximate surface area is 230 Å². The highest BCUT2D eigenvalue weighted by atomic mass is 79.9. The molecule has 1 aliphatic heterocycles. The number of ether oxygens (including phenoxy) is 2. The molecule has 0 atom stereocenters. The van der Waals surface area contributed by atoms with Crippen molar-refractivity contribution in [1.29, 1.82) is 0 Å². The lowest BCUT2D eigenvalue weighted by Gasteiger charge is -2.15. The van der Waals surface area contributed by atoms with Gasteiger partial charge in [0.1, 0.15) is 12.4 Å². The maximum Gasteiger partial charge on any atom is 0.293 e. The number of nitrogens with zero attached hydrogens (tertiary/aromatic N) is 1. The Morgan fingerprint density at radius 1 is 1.06 bits per heavy atom. The van der Waals surface area contributed by atoms with Crippen molar-refractivity contribution in [3.05, 3.63) is 96.5 Å². The molecule has 0 spiro atoms. The molecule has 4 rings (SSSR count). The number of hydrogen-bond acceptors (Lipinski definition) is 5. The van der Waals surface area contributed by atoms with E-state index in [1.54, 1.807) is 24.3 Å². The molecule has 5 nitrogen and oxygen atoms in total. The van der Waals surface area contributed by atoms with Crippen LogP contribution in [0.3, 0.4) is 0 Å². The monoisotopic (exact) mass is 609 g/mol. The van der Waals surface area contributed by atoms with Crippen LogP contribution in [-0.2, 0) is 17.9 Å². The average molecular weight is 611 g/mol. The van der Waals surface area contributed by atoms with Crippen molar-refractivity contribution in [2.24, 2.45) is 0 Å². The Balaban J connectivity index is 1.58. The quantitative estimate of drug-likeness (QED) is 0.241. The fraction of sp³-hybridized carbons (Fsp3) is 0.154. The van der Waals surface area contributed by atoms with Crippen LogP contribution >= 0.6 is 50.9 Å². The molecular formula is C26H19BrCl2FNO4S. The van der Waals surface area contributed by atoms with Crippen LogP contribution in [0.1, 0.15) is 23.6 Å². The van der Waals surface area contributed by atoms with Gasteiger partial charge in [-0.1, -0.05) is 47.5 Å². The Morgan fingerprint density at radius 2 is 1.81 bits per heavy atom. The van der Waals surface area contributed by atoms with E-state index >= 15 is 0 Å². The van der Waals surface area contributed by atoms with Gasteiger partial charge in [0.15, 0.2) is 11.5 Å². The molecule has 0 aromatic heterocycles. The summed E-state index contributed by atoms with van der Waals surface area (Å²) in [5.41, 5.74) is 1.52. The highest BCUT2D eigenvalue weighted by molar-refractivity contribution is 9.10. The fourth-order valence-electron chi connectivity index (χ4n) is 3.47. The Bertz CT molecular complexity index is 1350. The first kappa shape index (κ1) is 26.5. The zero-order valence-electron chi connectivity index (χ0n) is 18.9. The summed E-state index contributed by atoms with van der Waals surface area (Å²) in [6.45, 7) is 2.21. The standard InChI is InChI=1S/C26H19BrCl2FNO4S/c1-2-34-22-11-15(10-18(27)24(22)35-14-16-6-3-4-7-19(16)28)12-23-25(32)31(26(33)36-23)13-17-20(29)8-5-9-21(17)30/h3-12H,2,13-14H2,1H3/b23-12-. The molecule has 0 aliphatic carbocycles. The van der Waals surface area contributed by atoms with E-state index in [2.05, 4.69) is 15.9 Å². The van der Waals surface area contributed by atoms with Crippen molar-refractivity contribution in [1.82, 2.24) is 4.90 Å². The first-order valence-electron chi connectivity index (χ1n) is 10.8. The molecule has 10 heteroatoms. The number of benzene rings is 3. The van der Waals surface area contributed by atoms with Gasteiger partial charge in [0, 0.05) is 21.2 Å². The minimum absolute atomic E-state index is 0.0871. The van der Waals surface area contributed by atoms with E-state index < -0.39 is 17.0 Å². The smallest absolute Gasteiger partial charge is 0.293 e. The first-order valence-corrected chi connectivity index (χ1v) is 13.2. The van der Waals surface area contributed by atoms with Gasteiger partial charge < -0.3 is 9.47 Å². The number of imide groups is 1. The van der Waals surface area contributed by atoms with Crippen LogP contribution in [0.15, 0.2) is 64.0 Å². The lowest BCUT2D eigenvalue weighted by atomic mass is 10.1. The molecule has 1 fully saturated rings. The van der Waals surface area contributed by atoms with Gasteiger partial charge >= 0.3 is 0 Å². The number of amides is 2. The maximum absolute atomic E-state index is 14.2. The number of carbonyl (C=O) groups excluding carboxylic acids is 2. The predicted octanol–water partition coefficient (Wildman–Crippen LogP) is 8.11. The number of hydrogen-bond donors (Lipinski definition) is 0. The molecule has 186 valence electrons. The van der Waals surface area contributed by atoms with E-state index in [-0.39, 0.29) is 28.6 Å². The summed E-state index contributed by atoms with van der Waals surface area (Å²) < 4.78 is 26.6. The minimum atomic E-state index is -0.580. The van der Waals surface area contributed by atoms with Gasteiger partial charge in [-0.05, 0) is 76.6 Å². The Kier molecular flexibility index (Phi) is 8.62. The van der Waals surface area contributed by atoms with Crippen molar-refractivity contribution >= 4 is 68.1 Å². The lowest BCUT2D eigenvalue weighted by molar-refractivity contribution is -0.123. The number of thioether (sulfide) groups is 1. The highest BCUT2D eigenvalue weighted by Crippen LogP contribution is 2.40. The van der Waals surface area contributed by atoms with Gasteiger partial charge in [0.25, 0.3) is 11.1 Å². The molecule has 3 aromatic rings. The van der Waals surface area contributed by atoms with Gasteiger partial charge in [0.05, 0.1) is 22.5 Å². The van der Waals surface area contributed by atoms with Gasteiger partial charge in [0.2, 0.25) is 0 Å². The summed E-state index contributed by atoms with van der Waals surface area (Å²) in [4.78, 5) is 26.7. The SMILES string of the molecule is CCOc1cc(/C=C2\SC(=O)N(Cc3c(F)cccc3Cl)C2=O)cc(Br)c1OCc1ccccc1Cl. The summed E-state index contributed by atoms with van der Waals surface area (Å²) in [6, 6.07) is 15.1. The minimum Gasteiger partial charge on any atom is -0.490 e. The molecule has 1 heterocycles. The molecule has 2 amide bonds.